The first-order valence-electron chi connectivity index (χ1n) is 4.07. The predicted octanol–water partition coefficient (Wildman–Crippen LogP) is 1.44. The van der Waals surface area contributed by atoms with Gasteiger partial charge in [0.1, 0.15) is 6.54 Å². The van der Waals surface area contributed by atoms with Gasteiger partial charge < -0.3 is 0 Å². The molecule has 0 aromatic heterocycles. The van der Waals surface area contributed by atoms with E-state index in [9.17, 15) is 8.42 Å². The third kappa shape index (κ3) is 2.90. The highest BCUT2D eigenvalue weighted by Gasteiger charge is 2.20. The third-order valence-electron chi connectivity index (χ3n) is 1.80. The molecule has 0 aliphatic rings. The first kappa shape index (κ1) is 12.4. The summed E-state index contributed by atoms with van der Waals surface area (Å²) in [6, 6.07) is 8.38. The van der Waals surface area contributed by atoms with Crippen molar-refractivity contribution in [1.82, 2.24) is 4.31 Å². The van der Waals surface area contributed by atoms with E-state index in [1.165, 1.54) is 13.1 Å². The number of hydrogen-bond donors (Lipinski definition) is 0. The van der Waals surface area contributed by atoms with Crippen LogP contribution in [0.3, 0.4) is 0 Å². The van der Waals surface area contributed by atoms with E-state index < -0.39 is 10.0 Å². The minimum atomic E-state index is -3.52. The molecule has 0 aliphatic heterocycles. The Morgan fingerprint density at radius 1 is 1.53 bits per heavy atom. The largest absolute Gasteiger partial charge is 0.243 e. The van der Waals surface area contributed by atoms with Crippen LogP contribution in [0.4, 0.5) is 0 Å². The van der Waals surface area contributed by atoms with Crippen molar-refractivity contribution in [2.75, 3.05) is 13.6 Å². The lowest BCUT2D eigenvalue weighted by atomic mass is 10.4. The van der Waals surface area contributed by atoms with Crippen molar-refractivity contribution in [2.45, 2.75) is 4.90 Å². The average molecular weight is 336 g/mol. The number of halogens is 1. The minimum absolute atomic E-state index is 0.145. The van der Waals surface area contributed by atoms with Crippen LogP contribution in [-0.2, 0) is 10.0 Å². The Kier molecular flexibility index (Phi) is 4.07. The van der Waals surface area contributed by atoms with Crippen LogP contribution >= 0.6 is 22.6 Å². The monoisotopic (exact) mass is 336 g/mol. The Labute approximate surface area is 103 Å². The lowest BCUT2D eigenvalue weighted by Gasteiger charge is -2.13. The summed E-state index contributed by atoms with van der Waals surface area (Å²) in [5, 5.41) is 8.44. The Balaban J connectivity index is 3.13. The van der Waals surface area contributed by atoms with Crippen LogP contribution in [0.25, 0.3) is 0 Å². The standard InChI is InChI=1S/C9H9IN2O2S/c1-12(6-5-11)15(13,14)9-4-2-3-8(10)7-9/h2-4,7H,6H2,1H3. The molecule has 1 rings (SSSR count). The van der Waals surface area contributed by atoms with Crippen LogP contribution in [0.2, 0.25) is 0 Å². The van der Waals surface area contributed by atoms with Crippen LogP contribution in [-0.4, -0.2) is 26.3 Å². The molecule has 0 fully saturated rings. The molecule has 0 aliphatic carbocycles. The maximum absolute atomic E-state index is 11.8. The van der Waals surface area contributed by atoms with E-state index in [2.05, 4.69) is 0 Å². The molecule has 1 aromatic rings. The number of nitrogens with zero attached hydrogens (tertiary/aromatic N) is 2. The number of rotatable bonds is 3. The van der Waals surface area contributed by atoms with Crippen molar-refractivity contribution >= 4 is 32.6 Å². The summed E-state index contributed by atoms with van der Waals surface area (Å²) < 4.78 is 25.6. The summed E-state index contributed by atoms with van der Waals surface area (Å²) in [5.74, 6) is 0. The van der Waals surface area contributed by atoms with Crippen LogP contribution in [0, 0.1) is 14.9 Å². The Morgan fingerprint density at radius 3 is 2.73 bits per heavy atom. The van der Waals surface area contributed by atoms with Gasteiger partial charge in [-0.15, -0.1) is 0 Å². The molecular formula is C9H9IN2O2S. The van der Waals surface area contributed by atoms with Gasteiger partial charge in [-0.3, -0.25) is 0 Å². The van der Waals surface area contributed by atoms with Crippen molar-refractivity contribution in [3.63, 3.8) is 0 Å². The van der Waals surface area contributed by atoms with Crippen molar-refractivity contribution in [3.8, 4) is 6.07 Å². The number of sulfonamides is 1. The number of hydrogen-bond acceptors (Lipinski definition) is 3. The van der Waals surface area contributed by atoms with Crippen LogP contribution in [0.15, 0.2) is 29.2 Å². The molecule has 0 N–H and O–H groups in total. The molecule has 0 heterocycles. The van der Waals surface area contributed by atoms with Gasteiger partial charge in [0.05, 0.1) is 11.0 Å². The zero-order chi connectivity index (χ0) is 11.5. The second-order valence-electron chi connectivity index (χ2n) is 2.88. The summed E-state index contributed by atoms with van der Waals surface area (Å²) in [6.07, 6.45) is 0. The van der Waals surface area contributed by atoms with Gasteiger partial charge in [-0.2, -0.15) is 9.57 Å². The van der Waals surface area contributed by atoms with E-state index in [1.807, 2.05) is 28.7 Å². The van der Waals surface area contributed by atoms with Gasteiger partial charge >= 0.3 is 0 Å². The quantitative estimate of drug-likeness (QED) is 0.620. The first-order chi connectivity index (χ1) is 6.98. The molecule has 0 spiro atoms. The summed E-state index contributed by atoms with van der Waals surface area (Å²) in [6.45, 7) is -0.145. The van der Waals surface area contributed by atoms with Gasteiger partial charge in [0.2, 0.25) is 10.0 Å². The molecule has 0 atom stereocenters. The lowest BCUT2D eigenvalue weighted by molar-refractivity contribution is 0.501. The van der Waals surface area contributed by atoms with Gasteiger partial charge in [0.25, 0.3) is 0 Å². The van der Waals surface area contributed by atoms with Crippen molar-refractivity contribution in [3.05, 3.63) is 27.8 Å². The van der Waals surface area contributed by atoms with Crippen LogP contribution in [0.1, 0.15) is 0 Å². The summed E-state index contributed by atoms with van der Waals surface area (Å²) in [5.41, 5.74) is 0. The Bertz CT molecular complexity index is 493. The normalized spacial score (nSPS) is 11.3. The van der Waals surface area contributed by atoms with Crippen molar-refractivity contribution in [1.29, 1.82) is 5.26 Å². The fraction of sp³-hybridized carbons (Fsp3) is 0.222. The molecular weight excluding hydrogens is 327 g/mol. The van der Waals surface area contributed by atoms with E-state index in [1.54, 1.807) is 18.2 Å². The first-order valence-corrected chi connectivity index (χ1v) is 6.59. The smallest absolute Gasteiger partial charge is 0.207 e. The highest BCUT2D eigenvalue weighted by molar-refractivity contribution is 14.1. The summed E-state index contributed by atoms with van der Waals surface area (Å²) in [7, 11) is -2.13. The van der Waals surface area contributed by atoms with Gasteiger partial charge in [0, 0.05) is 10.6 Å². The predicted molar refractivity (Wildman–Crippen MR) is 64.6 cm³/mol. The van der Waals surface area contributed by atoms with Gasteiger partial charge in [-0.05, 0) is 40.8 Å². The van der Waals surface area contributed by atoms with E-state index in [0.29, 0.717) is 0 Å². The number of benzene rings is 1. The second-order valence-corrected chi connectivity index (χ2v) is 6.17. The summed E-state index contributed by atoms with van der Waals surface area (Å²) in [4.78, 5) is 0.215. The van der Waals surface area contributed by atoms with E-state index in [-0.39, 0.29) is 11.4 Å². The molecule has 80 valence electrons. The Morgan fingerprint density at radius 2 is 2.20 bits per heavy atom. The SMILES string of the molecule is CN(CC#N)S(=O)(=O)c1cccc(I)c1. The summed E-state index contributed by atoms with van der Waals surface area (Å²) >= 11 is 2.04. The minimum Gasteiger partial charge on any atom is -0.207 e. The average Bonchev–Trinajstić information content (AvgIpc) is 2.18. The van der Waals surface area contributed by atoms with Crippen molar-refractivity contribution < 1.29 is 8.42 Å². The van der Waals surface area contributed by atoms with Crippen LogP contribution in [0.5, 0.6) is 0 Å². The van der Waals surface area contributed by atoms with E-state index in [4.69, 9.17) is 5.26 Å². The molecule has 1 aromatic carbocycles. The highest BCUT2D eigenvalue weighted by atomic mass is 127. The highest BCUT2D eigenvalue weighted by Crippen LogP contribution is 2.16. The molecule has 4 nitrogen and oxygen atoms in total. The van der Waals surface area contributed by atoms with E-state index >= 15 is 0 Å². The van der Waals surface area contributed by atoms with Gasteiger partial charge in [-0.25, -0.2) is 8.42 Å². The maximum atomic E-state index is 11.8. The molecule has 0 saturated carbocycles. The fourth-order valence-corrected chi connectivity index (χ4v) is 2.86. The molecule has 0 unspecified atom stereocenters. The van der Waals surface area contributed by atoms with Crippen LogP contribution < -0.4 is 0 Å². The van der Waals surface area contributed by atoms with E-state index in [0.717, 1.165) is 7.88 Å². The zero-order valence-electron chi connectivity index (χ0n) is 8.01. The molecule has 0 amide bonds. The zero-order valence-corrected chi connectivity index (χ0v) is 11.0. The second kappa shape index (κ2) is 4.92. The van der Waals surface area contributed by atoms with Gasteiger partial charge in [-0.1, -0.05) is 6.07 Å². The fourth-order valence-electron chi connectivity index (χ4n) is 0.992. The number of nitriles is 1. The van der Waals surface area contributed by atoms with Crippen molar-refractivity contribution in [2.24, 2.45) is 0 Å². The molecule has 6 heteroatoms. The Hall–Kier alpha value is -0.650. The lowest BCUT2D eigenvalue weighted by Crippen LogP contribution is -2.27. The van der Waals surface area contributed by atoms with Gasteiger partial charge in [0.15, 0.2) is 0 Å². The maximum Gasteiger partial charge on any atom is 0.243 e. The third-order valence-corrected chi connectivity index (χ3v) is 4.27. The topological polar surface area (TPSA) is 61.2 Å². The molecule has 0 bridgehead atoms. The molecule has 0 saturated heterocycles. The molecule has 15 heavy (non-hydrogen) atoms. The molecule has 0 radical (unpaired) electrons.